The van der Waals surface area contributed by atoms with Gasteiger partial charge in [-0.05, 0) is 26.8 Å². The van der Waals surface area contributed by atoms with Crippen molar-refractivity contribution in [1.29, 1.82) is 0 Å². The number of hydrogen-bond donors (Lipinski definition) is 2. The molecular formula is C16H19NO4. The van der Waals surface area contributed by atoms with E-state index < -0.39 is 5.72 Å². The highest BCUT2D eigenvalue weighted by Crippen LogP contribution is 2.47. The number of amides is 1. The zero-order valence-electron chi connectivity index (χ0n) is 12.4. The predicted octanol–water partition coefficient (Wildman–Crippen LogP) is 2.63. The van der Waals surface area contributed by atoms with Gasteiger partial charge in [-0.25, -0.2) is 0 Å². The first kappa shape index (κ1) is 13.8. The highest BCUT2D eigenvalue weighted by atomic mass is 16.5. The van der Waals surface area contributed by atoms with Gasteiger partial charge in [-0.3, -0.25) is 4.79 Å². The van der Waals surface area contributed by atoms with Crippen molar-refractivity contribution < 1.29 is 19.4 Å². The summed E-state index contributed by atoms with van der Waals surface area (Å²) in [6.07, 6.45) is 0.604. The average molecular weight is 289 g/mol. The minimum atomic E-state index is -0.751. The van der Waals surface area contributed by atoms with Crippen LogP contribution in [0, 0.1) is 0 Å². The van der Waals surface area contributed by atoms with Crippen molar-refractivity contribution in [1.82, 2.24) is 5.32 Å². The second kappa shape index (κ2) is 4.69. The maximum Gasteiger partial charge on any atom is 0.254 e. The third kappa shape index (κ3) is 2.22. The molecule has 0 aromatic heterocycles. The van der Waals surface area contributed by atoms with E-state index in [2.05, 4.69) is 5.32 Å². The van der Waals surface area contributed by atoms with Gasteiger partial charge in [0.1, 0.15) is 11.5 Å². The average Bonchev–Trinajstić information content (AvgIpc) is 2.36. The maximum atomic E-state index is 12.2. The van der Waals surface area contributed by atoms with E-state index >= 15 is 0 Å². The Balaban J connectivity index is 2.11. The summed E-state index contributed by atoms with van der Waals surface area (Å²) in [5.41, 5.74) is 0.578. The number of fused-ring (bicyclic) bond motifs is 4. The van der Waals surface area contributed by atoms with Crippen LogP contribution in [-0.4, -0.2) is 23.3 Å². The molecule has 1 fully saturated rings. The lowest BCUT2D eigenvalue weighted by molar-refractivity contribution is -0.127. The molecule has 1 aromatic rings. The largest absolute Gasteiger partial charge is 0.512 e. The van der Waals surface area contributed by atoms with Crippen LogP contribution >= 0.6 is 0 Å². The van der Waals surface area contributed by atoms with E-state index in [1.807, 2.05) is 32.0 Å². The number of carbonyl (C=O) groups is 1. The lowest BCUT2D eigenvalue weighted by atomic mass is 9.78. The predicted molar refractivity (Wildman–Crippen MR) is 77.5 cm³/mol. The van der Waals surface area contributed by atoms with Crippen LogP contribution < -0.4 is 14.8 Å². The summed E-state index contributed by atoms with van der Waals surface area (Å²) in [6, 6.07) is 5.61. The van der Waals surface area contributed by atoms with Gasteiger partial charge in [0.2, 0.25) is 0 Å². The molecule has 21 heavy (non-hydrogen) atoms. The van der Waals surface area contributed by atoms with Crippen molar-refractivity contribution in [2.24, 2.45) is 0 Å². The van der Waals surface area contributed by atoms with Gasteiger partial charge < -0.3 is 19.9 Å². The van der Waals surface area contributed by atoms with Crippen molar-refractivity contribution in [2.45, 2.75) is 38.8 Å². The van der Waals surface area contributed by atoms with Crippen LogP contribution in [0.15, 0.2) is 29.5 Å². The Morgan fingerprint density at radius 2 is 2.33 bits per heavy atom. The van der Waals surface area contributed by atoms with Crippen LogP contribution in [-0.2, 0) is 4.79 Å². The summed E-state index contributed by atoms with van der Waals surface area (Å²) < 4.78 is 11.5. The molecule has 0 radical (unpaired) electrons. The number of allylic oxidation sites excluding steroid dienone is 1. The Morgan fingerprint density at radius 1 is 1.57 bits per heavy atom. The van der Waals surface area contributed by atoms with Crippen molar-refractivity contribution >= 4 is 5.91 Å². The van der Waals surface area contributed by atoms with Gasteiger partial charge in [0.05, 0.1) is 17.9 Å². The van der Waals surface area contributed by atoms with Crippen molar-refractivity contribution in [3.8, 4) is 11.5 Å². The fourth-order valence-electron chi connectivity index (χ4n) is 3.15. The molecule has 0 saturated carbocycles. The van der Waals surface area contributed by atoms with E-state index in [9.17, 15) is 9.90 Å². The lowest BCUT2D eigenvalue weighted by Crippen LogP contribution is -2.58. The third-order valence-electron chi connectivity index (χ3n) is 3.96. The normalized spacial score (nSPS) is 29.1. The first-order valence-corrected chi connectivity index (χ1v) is 7.11. The Hall–Kier alpha value is -2.17. The second-order valence-corrected chi connectivity index (χ2v) is 5.68. The van der Waals surface area contributed by atoms with Crippen LogP contribution in [0.2, 0.25) is 0 Å². The molecule has 0 unspecified atom stereocenters. The standard InChI is InChI=1S/C16H19NO4/c1-4-20-10-5-6-11-12-8-16(3,21-13(11)7-10)17-15(19)14(12)9(2)18/h5-7,12,18H,4,8H2,1-3H3,(H,17,19)/b14-9-/t12-,16-/m0/s1. The molecular weight excluding hydrogens is 270 g/mol. The van der Waals surface area contributed by atoms with Gasteiger partial charge in [-0.1, -0.05) is 6.07 Å². The SMILES string of the molecule is CCOc1ccc2c(c1)O[C@@]1(C)C[C@@H]2/C(=C(\C)O)C(=O)N1. The van der Waals surface area contributed by atoms with Gasteiger partial charge in [0.25, 0.3) is 5.91 Å². The molecule has 2 aliphatic rings. The van der Waals surface area contributed by atoms with Crippen molar-refractivity contribution in [2.75, 3.05) is 6.61 Å². The van der Waals surface area contributed by atoms with E-state index in [4.69, 9.17) is 9.47 Å². The minimum absolute atomic E-state index is 0.0567. The number of piperidine rings is 1. The first-order chi connectivity index (χ1) is 9.93. The first-order valence-electron chi connectivity index (χ1n) is 7.11. The fourth-order valence-corrected chi connectivity index (χ4v) is 3.15. The molecule has 0 aliphatic carbocycles. The molecule has 2 heterocycles. The Labute approximate surface area is 123 Å². The Morgan fingerprint density at radius 3 is 3.00 bits per heavy atom. The van der Waals surface area contributed by atoms with Gasteiger partial charge >= 0.3 is 0 Å². The quantitative estimate of drug-likeness (QED) is 0.649. The van der Waals surface area contributed by atoms with E-state index in [1.165, 1.54) is 0 Å². The number of nitrogens with one attached hydrogen (secondary N) is 1. The molecule has 3 rings (SSSR count). The van der Waals surface area contributed by atoms with E-state index in [0.717, 1.165) is 11.3 Å². The highest BCUT2D eigenvalue weighted by Gasteiger charge is 2.47. The molecule has 5 nitrogen and oxygen atoms in total. The van der Waals surface area contributed by atoms with Crippen LogP contribution in [0.1, 0.15) is 38.7 Å². The summed E-state index contributed by atoms with van der Waals surface area (Å²) in [5, 5.41) is 12.7. The van der Waals surface area contributed by atoms with Gasteiger partial charge in [-0.2, -0.15) is 0 Å². The monoisotopic (exact) mass is 289 g/mol. The Kier molecular flexibility index (Phi) is 3.08. The minimum Gasteiger partial charge on any atom is -0.512 e. The number of carbonyl (C=O) groups excluding carboxylic acids is 1. The Bertz CT molecular complexity index is 633. The molecule has 1 aromatic carbocycles. The topological polar surface area (TPSA) is 67.8 Å². The van der Waals surface area contributed by atoms with E-state index in [0.29, 0.717) is 24.4 Å². The summed E-state index contributed by atoms with van der Waals surface area (Å²) in [4.78, 5) is 12.2. The van der Waals surface area contributed by atoms with Gasteiger partial charge in [0.15, 0.2) is 5.72 Å². The van der Waals surface area contributed by atoms with Crippen molar-refractivity contribution in [3.63, 3.8) is 0 Å². The zero-order valence-corrected chi connectivity index (χ0v) is 12.4. The van der Waals surface area contributed by atoms with Crippen LogP contribution in [0.3, 0.4) is 0 Å². The molecule has 112 valence electrons. The van der Waals surface area contributed by atoms with Gasteiger partial charge in [-0.15, -0.1) is 0 Å². The van der Waals surface area contributed by atoms with Crippen LogP contribution in [0.5, 0.6) is 11.5 Å². The molecule has 2 atom stereocenters. The number of benzene rings is 1. The molecule has 0 spiro atoms. The summed E-state index contributed by atoms with van der Waals surface area (Å²) in [5.74, 6) is 1.05. The molecule has 1 amide bonds. The maximum absolute atomic E-state index is 12.2. The number of ether oxygens (including phenoxy) is 2. The zero-order chi connectivity index (χ0) is 15.2. The molecule has 5 heteroatoms. The summed E-state index contributed by atoms with van der Waals surface area (Å²) >= 11 is 0. The molecule has 1 saturated heterocycles. The number of rotatable bonds is 2. The fraction of sp³-hybridized carbons (Fsp3) is 0.438. The highest BCUT2D eigenvalue weighted by molar-refractivity contribution is 5.97. The number of aliphatic hydroxyl groups excluding tert-OH is 1. The van der Waals surface area contributed by atoms with Crippen LogP contribution in [0.25, 0.3) is 0 Å². The molecule has 2 aliphatic heterocycles. The van der Waals surface area contributed by atoms with Crippen LogP contribution in [0.4, 0.5) is 0 Å². The molecule has 2 N–H and O–H groups in total. The van der Waals surface area contributed by atoms with Gasteiger partial charge in [0, 0.05) is 24.0 Å². The smallest absolute Gasteiger partial charge is 0.254 e. The molecule has 2 bridgehead atoms. The van der Waals surface area contributed by atoms with Crippen molar-refractivity contribution in [3.05, 3.63) is 35.1 Å². The third-order valence-corrected chi connectivity index (χ3v) is 3.96. The number of hydrogen-bond acceptors (Lipinski definition) is 4. The lowest BCUT2D eigenvalue weighted by Gasteiger charge is -2.45. The van der Waals surface area contributed by atoms with E-state index in [1.54, 1.807) is 6.92 Å². The summed E-state index contributed by atoms with van der Waals surface area (Å²) in [7, 11) is 0. The second-order valence-electron chi connectivity index (χ2n) is 5.68. The number of aliphatic hydroxyl groups is 1. The van der Waals surface area contributed by atoms with E-state index in [-0.39, 0.29) is 17.6 Å². The summed E-state index contributed by atoms with van der Waals surface area (Å²) in [6.45, 7) is 5.89.